The lowest BCUT2D eigenvalue weighted by atomic mass is 9.78. The number of nitrogens with one attached hydrogen (secondary N) is 1. The third-order valence-corrected chi connectivity index (χ3v) is 5.54. The number of esters is 1. The van der Waals surface area contributed by atoms with Crippen LogP contribution in [0.2, 0.25) is 5.02 Å². The molecule has 0 radical (unpaired) electrons. The number of hydrogen-bond donors (Lipinski definition) is 1. The molecule has 27 heavy (non-hydrogen) atoms. The van der Waals surface area contributed by atoms with Gasteiger partial charge in [-0.3, -0.25) is 4.79 Å². The summed E-state index contributed by atoms with van der Waals surface area (Å²) in [5.41, 5.74) is 0.677. The zero-order valence-electron chi connectivity index (χ0n) is 15.5. The second-order valence-electron chi connectivity index (χ2n) is 7.12. The monoisotopic (exact) mass is 393 g/mol. The highest BCUT2D eigenvalue weighted by Crippen LogP contribution is 2.40. The third kappa shape index (κ3) is 4.95. The second-order valence-corrected chi connectivity index (χ2v) is 7.53. The van der Waals surface area contributed by atoms with Gasteiger partial charge in [0.1, 0.15) is 0 Å². The average Bonchev–Trinajstić information content (AvgIpc) is 3.11. The van der Waals surface area contributed by atoms with E-state index in [-0.39, 0.29) is 25.3 Å². The van der Waals surface area contributed by atoms with Crippen LogP contribution in [0.4, 0.5) is 0 Å². The lowest BCUT2D eigenvalue weighted by Crippen LogP contribution is -2.45. The van der Waals surface area contributed by atoms with Gasteiger partial charge in [0.25, 0.3) is 5.91 Å². The molecule has 3 atom stereocenters. The molecular formula is C20H24ClNO5. The maximum atomic E-state index is 12.1. The van der Waals surface area contributed by atoms with E-state index >= 15 is 0 Å². The minimum absolute atomic E-state index is 0.123. The van der Waals surface area contributed by atoms with Crippen LogP contribution in [0.15, 0.2) is 18.2 Å². The fourth-order valence-corrected chi connectivity index (χ4v) is 3.74. The number of amides is 1. The van der Waals surface area contributed by atoms with Gasteiger partial charge in [-0.2, -0.15) is 0 Å². The van der Waals surface area contributed by atoms with Crippen LogP contribution in [0, 0.1) is 11.8 Å². The maximum Gasteiger partial charge on any atom is 0.331 e. The van der Waals surface area contributed by atoms with Gasteiger partial charge in [-0.15, -0.1) is 0 Å². The molecule has 1 fully saturated rings. The van der Waals surface area contributed by atoms with E-state index in [9.17, 15) is 9.59 Å². The molecule has 1 aromatic carbocycles. The first-order valence-electron chi connectivity index (χ1n) is 9.17. The number of hydrogen-bond acceptors (Lipinski definition) is 5. The number of carbonyl (C=O) groups excluding carboxylic acids is 2. The largest absolute Gasteiger partial charge is 0.454 e. The van der Waals surface area contributed by atoms with E-state index in [0.29, 0.717) is 33.9 Å². The lowest BCUT2D eigenvalue weighted by molar-refractivity contribution is -0.144. The standard InChI is InChI=1S/C20H24ClNO5/c1-12-4-3-5-16(13(12)2)22-18(23)10-25-19(24)7-6-14-8-15(21)20-17(9-14)26-11-27-20/h6-9,12-13,16H,3-5,10-11H2,1-2H3,(H,22,23)/b7-6+/t12-,13-,16-/m1/s1. The van der Waals surface area contributed by atoms with Crippen molar-refractivity contribution in [3.05, 3.63) is 28.8 Å². The van der Waals surface area contributed by atoms with E-state index < -0.39 is 5.97 Å². The highest BCUT2D eigenvalue weighted by atomic mass is 35.5. The Balaban J connectivity index is 1.47. The van der Waals surface area contributed by atoms with E-state index in [2.05, 4.69) is 19.2 Å². The molecule has 146 valence electrons. The van der Waals surface area contributed by atoms with Crippen molar-refractivity contribution < 1.29 is 23.8 Å². The number of benzene rings is 1. The minimum Gasteiger partial charge on any atom is -0.454 e. The first-order valence-corrected chi connectivity index (χ1v) is 9.55. The van der Waals surface area contributed by atoms with Crippen LogP contribution in [0.5, 0.6) is 11.5 Å². The number of fused-ring (bicyclic) bond motifs is 1. The Kier molecular flexibility index (Phi) is 6.26. The Labute approximate surface area is 163 Å². The molecule has 1 amide bonds. The van der Waals surface area contributed by atoms with Crippen molar-refractivity contribution in [2.24, 2.45) is 11.8 Å². The quantitative estimate of drug-likeness (QED) is 0.611. The molecule has 0 bridgehead atoms. The van der Waals surface area contributed by atoms with Gasteiger partial charge in [-0.25, -0.2) is 4.79 Å². The lowest BCUT2D eigenvalue weighted by Gasteiger charge is -2.34. The van der Waals surface area contributed by atoms with Crippen molar-refractivity contribution in [1.29, 1.82) is 0 Å². The second kappa shape index (κ2) is 8.65. The summed E-state index contributed by atoms with van der Waals surface area (Å²) >= 11 is 6.10. The molecule has 1 heterocycles. The summed E-state index contributed by atoms with van der Waals surface area (Å²) in [6, 6.07) is 3.53. The molecule has 0 spiro atoms. The first kappa shape index (κ1) is 19.5. The SMILES string of the molecule is C[C@@H]1[C@H](C)CCC[C@H]1NC(=O)COC(=O)/C=C/c1cc(Cl)c2c(c1)OCO2. The summed E-state index contributed by atoms with van der Waals surface area (Å²) in [6.45, 7) is 4.19. The Hall–Kier alpha value is -2.21. The van der Waals surface area contributed by atoms with Crippen LogP contribution in [0.25, 0.3) is 6.08 Å². The highest BCUT2D eigenvalue weighted by molar-refractivity contribution is 6.32. The van der Waals surface area contributed by atoms with Gasteiger partial charge in [-0.1, -0.05) is 38.3 Å². The van der Waals surface area contributed by atoms with Crippen molar-refractivity contribution in [1.82, 2.24) is 5.32 Å². The molecule has 3 rings (SSSR count). The summed E-state index contributed by atoms with van der Waals surface area (Å²) in [4.78, 5) is 23.9. The van der Waals surface area contributed by atoms with E-state index in [1.807, 2.05) is 0 Å². The van der Waals surface area contributed by atoms with Gasteiger partial charge < -0.3 is 19.5 Å². The average molecular weight is 394 g/mol. The van der Waals surface area contributed by atoms with Crippen molar-refractivity contribution >= 4 is 29.6 Å². The summed E-state index contributed by atoms with van der Waals surface area (Å²) in [5, 5.41) is 3.39. The van der Waals surface area contributed by atoms with Gasteiger partial charge >= 0.3 is 5.97 Å². The number of carbonyl (C=O) groups is 2. The maximum absolute atomic E-state index is 12.1. The van der Waals surface area contributed by atoms with E-state index in [4.69, 9.17) is 25.8 Å². The van der Waals surface area contributed by atoms with Crippen LogP contribution in [0.1, 0.15) is 38.7 Å². The predicted molar refractivity (Wildman–Crippen MR) is 102 cm³/mol. The molecule has 7 heteroatoms. The van der Waals surface area contributed by atoms with Gasteiger partial charge in [0.05, 0.1) is 5.02 Å². The molecule has 6 nitrogen and oxygen atoms in total. The predicted octanol–water partition coefficient (Wildman–Crippen LogP) is 3.57. The Morgan fingerprint density at radius 3 is 2.93 bits per heavy atom. The van der Waals surface area contributed by atoms with Gasteiger partial charge in [-0.05, 0) is 42.0 Å². The van der Waals surface area contributed by atoms with E-state index in [1.165, 1.54) is 12.5 Å². The molecule has 0 saturated heterocycles. The van der Waals surface area contributed by atoms with Crippen molar-refractivity contribution in [2.75, 3.05) is 13.4 Å². The zero-order valence-corrected chi connectivity index (χ0v) is 16.3. The fourth-order valence-electron chi connectivity index (χ4n) is 3.47. The molecule has 0 aromatic heterocycles. The summed E-state index contributed by atoms with van der Waals surface area (Å²) in [6.07, 6.45) is 6.08. The molecular weight excluding hydrogens is 370 g/mol. The van der Waals surface area contributed by atoms with Gasteiger partial charge in [0.15, 0.2) is 18.1 Å². The topological polar surface area (TPSA) is 73.9 Å². The summed E-state index contributed by atoms with van der Waals surface area (Å²) in [5.74, 6) is 1.18. The molecule has 0 unspecified atom stereocenters. The first-order chi connectivity index (χ1) is 12.9. The Bertz CT molecular complexity index is 748. The summed E-state index contributed by atoms with van der Waals surface area (Å²) < 4.78 is 15.5. The zero-order chi connectivity index (χ0) is 19.4. The van der Waals surface area contributed by atoms with E-state index in [1.54, 1.807) is 18.2 Å². The Morgan fingerprint density at radius 1 is 1.30 bits per heavy atom. The van der Waals surface area contributed by atoms with Crippen molar-refractivity contribution in [3.63, 3.8) is 0 Å². The minimum atomic E-state index is -0.594. The van der Waals surface area contributed by atoms with Crippen LogP contribution >= 0.6 is 11.6 Å². The third-order valence-electron chi connectivity index (χ3n) is 5.26. The summed E-state index contributed by atoms with van der Waals surface area (Å²) in [7, 11) is 0. The molecule has 1 saturated carbocycles. The number of halogens is 1. The molecule has 1 aliphatic heterocycles. The molecule has 2 aliphatic rings. The van der Waals surface area contributed by atoms with Crippen LogP contribution in [-0.4, -0.2) is 31.3 Å². The van der Waals surface area contributed by atoms with Crippen LogP contribution < -0.4 is 14.8 Å². The molecule has 1 aromatic rings. The number of rotatable bonds is 5. The fraction of sp³-hybridized carbons (Fsp3) is 0.500. The van der Waals surface area contributed by atoms with Crippen LogP contribution in [-0.2, 0) is 14.3 Å². The Morgan fingerprint density at radius 2 is 2.11 bits per heavy atom. The van der Waals surface area contributed by atoms with Gasteiger partial charge in [0, 0.05) is 12.1 Å². The van der Waals surface area contributed by atoms with Crippen molar-refractivity contribution in [3.8, 4) is 11.5 Å². The van der Waals surface area contributed by atoms with Crippen LogP contribution in [0.3, 0.4) is 0 Å². The van der Waals surface area contributed by atoms with Crippen molar-refractivity contribution in [2.45, 2.75) is 39.2 Å². The molecule has 1 aliphatic carbocycles. The normalized spacial score (nSPS) is 24.0. The van der Waals surface area contributed by atoms with E-state index in [0.717, 1.165) is 12.8 Å². The smallest absolute Gasteiger partial charge is 0.331 e. The molecule has 1 N–H and O–H groups in total. The van der Waals surface area contributed by atoms with Gasteiger partial charge in [0.2, 0.25) is 6.79 Å². The highest BCUT2D eigenvalue weighted by Gasteiger charge is 2.28. The number of ether oxygens (including phenoxy) is 3.